The summed E-state index contributed by atoms with van der Waals surface area (Å²) >= 11 is 1.48. The molecule has 0 aromatic carbocycles. The van der Waals surface area contributed by atoms with Gasteiger partial charge in [0.05, 0.1) is 27.9 Å². The number of hydrogen-bond donors (Lipinski definition) is 1. The summed E-state index contributed by atoms with van der Waals surface area (Å²) in [6, 6.07) is 8.00. The average Bonchev–Trinajstić information content (AvgIpc) is 3.50. The first-order valence-electron chi connectivity index (χ1n) is 11.1. The van der Waals surface area contributed by atoms with Crippen molar-refractivity contribution < 1.29 is 18.0 Å². The van der Waals surface area contributed by atoms with E-state index in [1.807, 2.05) is 19.9 Å². The van der Waals surface area contributed by atoms with E-state index in [1.54, 1.807) is 47.2 Å². The van der Waals surface area contributed by atoms with E-state index in [9.17, 15) is 18.0 Å². The second-order valence-corrected chi connectivity index (χ2v) is 9.95. The van der Waals surface area contributed by atoms with Gasteiger partial charge in [-0.05, 0) is 50.1 Å². The van der Waals surface area contributed by atoms with Crippen LogP contribution in [0.2, 0.25) is 0 Å². The summed E-state index contributed by atoms with van der Waals surface area (Å²) in [6.45, 7) is 4.18. The summed E-state index contributed by atoms with van der Waals surface area (Å²) in [5, 5.41) is 7.24. The third-order valence-corrected chi connectivity index (χ3v) is 7.62. The van der Waals surface area contributed by atoms with Crippen molar-refractivity contribution >= 4 is 29.0 Å². The number of aromatic nitrogens is 5. The second-order valence-electron chi connectivity index (χ2n) is 8.90. The maximum Gasteiger partial charge on any atom is 0.433 e. The van der Waals surface area contributed by atoms with Crippen molar-refractivity contribution in [3.63, 3.8) is 0 Å². The number of carbonyl (C=O) groups excluding carboxylic acids is 1. The lowest BCUT2D eigenvalue weighted by Crippen LogP contribution is -2.40. The highest BCUT2D eigenvalue weighted by Gasteiger charge is 2.44. The van der Waals surface area contributed by atoms with Gasteiger partial charge < -0.3 is 10.2 Å². The van der Waals surface area contributed by atoms with Crippen LogP contribution < -0.4 is 5.32 Å². The van der Waals surface area contributed by atoms with Gasteiger partial charge in [-0.1, -0.05) is 0 Å². The molecule has 1 aliphatic heterocycles. The number of halogens is 3. The number of amides is 1. The van der Waals surface area contributed by atoms with Gasteiger partial charge in [0.25, 0.3) is 5.91 Å². The molecule has 0 bridgehead atoms. The molecule has 0 saturated heterocycles. The van der Waals surface area contributed by atoms with Gasteiger partial charge in [0.1, 0.15) is 11.5 Å². The van der Waals surface area contributed by atoms with Crippen molar-refractivity contribution in [2.45, 2.75) is 32.0 Å². The first kappa shape index (κ1) is 23.9. The molecule has 0 saturated carbocycles. The highest BCUT2D eigenvalue weighted by Crippen LogP contribution is 2.46. The van der Waals surface area contributed by atoms with Crippen molar-refractivity contribution in [3.05, 3.63) is 70.6 Å². The fourth-order valence-electron chi connectivity index (χ4n) is 4.23. The number of hydrogen-bond acceptors (Lipinski definition) is 7. The smallest absolute Gasteiger partial charge is 0.328 e. The Morgan fingerprint density at radius 1 is 1.08 bits per heavy atom. The number of nitrogens with zero attached hydrogens (tertiary/aromatic N) is 6. The molecule has 0 atom stereocenters. The molecule has 5 heterocycles. The Kier molecular flexibility index (Phi) is 5.78. The number of nitrogens with one attached hydrogen (secondary N) is 1. The van der Waals surface area contributed by atoms with E-state index in [-0.39, 0.29) is 18.9 Å². The van der Waals surface area contributed by atoms with E-state index in [2.05, 4.69) is 25.4 Å². The zero-order valence-corrected chi connectivity index (χ0v) is 20.5. The second kappa shape index (κ2) is 8.70. The minimum Gasteiger partial charge on any atom is -0.328 e. The van der Waals surface area contributed by atoms with Gasteiger partial charge in [0, 0.05) is 36.9 Å². The molecule has 4 aromatic rings. The Bertz CT molecular complexity index is 1440. The molecule has 5 rings (SSSR count). The highest BCUT2D eigenvalue weighted by atomic mass is 32.1. The normalized spacial score (nSPS) is 14.8. The predicted octanol–water partition coefficient (Wildman–Crippen LogP) is 5.03. The van der Waals surface area contributed by atoms with Crippen LogP contribution in [0.4, 0.5) is 24.9 Å². The van der Waals surface area contributed by atoms with Crippen LogP contribution in [0.3, 0.4) is 0 Å². The van der Waals surface area contributed by atoms with Crippen molar-refractivity contribution in [3.8, 4) is 10.6 Å². The van der Waals surface area contributed by atoms with Crippen LogP contribution in [-0.2, 0) is 25.2 Å². The van der Waals surface area contributed by atoms with E-state index >= 15 is 0 Å². The van der Waals surface area contributed by atoms with Crippen molar-refractivity contribution in [1.82, 2.24) is 29.6 Å². The SMILES string of the molecule is Cn1nccc1Nc1nccc(-c2cc3c(s2)C(C)(C)N(CCc2ccnc(C(F)(F)F)c2)C3=O)n1. The monoisotopic (exact) mass is 513 g/mol. The number of pyridine rings is 1. The largest absolute Gasteiger partial charge is 0.433 e. The van der Waals surface area contributed by atoms with Crippen LogP contribution >= 0.6 is 11.3 Å². The van der Waals surface area contributed by atoms with Gasteiger partial charge >= 0.3 is 6.18 Å². The molecule has 12 heteroatoms. The van der Waals surface area contributed by atoms with Crippen LogP contribution in [0.1, 0.15) is 40.3 Å². The summed E-state index contributed by atoms with van der Waals surface area (Å²) in [5.41, 5.74) is 0.202. The number of thiophene rings is 1. The number of anilines is 2. The van der Waals surface area contributed by atoms with Crippen LogP contribution in [0.5, 0.6) is 0 Å². The van der Waals surface area contributed by atoms with Crippen LogP contribution in [-0.4, -0.2) is 42.1 Å². The Labute approximate surface area is 208 Å². The third-order valence-electron chi connectivity index (χ3n) is 6.15. The van der Waals surface area contributed by atoms with Gasteiger partial charge in [0.15, 0.2) is 0 Å². The average molecular weight is 514 g/mol. The molecule has 4 aromatic heterocycles. The van der Waals surface area contributed by atoms with Crippen LogP contribution in [0, 0.1) is 0 Å². The molecule has 8 nitrogen and oxygen atoms in total. The molecule has 1 N–H and O–H groups in total. The fraction of sp³-hybridized carbons (Fsp3) is 0.292. The van der Waals surface area contributed by atoms with Crippen molar-refractivity contribution in [2.24, 2.45) is 7.05 Å². The van der Waals surface area contributed by atoms with Gasteiger partial charge in [-0.2, -0.15) is 18.3 Å². The summed E-state index contributed by atoms with van der Waals surface area (Å²) < 4.78 is 40.7. The topological polar surface area (TPSA) is 88.8 Å². The Hall–Kier alpha value is -3.80. The first-order valence-corrected chi connectivity index (χ1v) is 11.9. The van der Waals surface area contributed by atoms with Gasteiger partial charge in [-0.25, -0.2) is 9.97 Å². The van der Waals surface area contributed by atoms with E-state index in [1.165, 1.54) is 11.3 Å². The summed E-state index contributed by atoms with van der Waals surface area (Å²) in [7, 11) is 1.80. The molecule has 0 radical (unpaired) electrons. The summed E-state index contributed by atoms with van der Waals surface area (Å²) in [4.78, 5) is 29.0. The maximum absolute atomic E-state index is 13.3. The first-order chi connectivity index (χ1) is 17.0. The van der Waals surface area contributed by atoms with Crippen LogP contribution in [0.25, 0.3) is 10.6 Å². The van der Waals surface area contributed by atoms with Gasteiger partial charge in [0.2, 0.25) is 5.95 Å². The minimum atomic E-state index is -4.51. The lowest BCUT2D eigenvalue weighted by molar-refractivity contribution is -0.141. The Morgan fingerprint density at radius 2 is 1.86 bits per heavy atom. The van der Waals surface area contributed by atoms with E-state index in [0.29, 0.717) is 22.8 Å². The molecular weight excluding hydrogens is 491 g/mol. The number of carbonyl (C=O) groups is 1. The molecule has 186 valence electrons. The standard InChI is InChI=1S/C24H22F3N7OS/c1-23(2)20-15(21(35)34(23)11-7-14-4-8-28-18(12-14)24(25,26)27)13-17(36-20)16-5-9-29-22(31-16)32-19-6-10-30-33(19)3/h4-6,8-10,12-13H,7,11H2,1-3H3,(H,29,31,32). The number of aryl methyl sites for hydroxylation is 1. The fourth-order valence-corrected chi connectivity index (χ4v) is 5.46. The van der Waals surface area contributed by atoms with Crippen LogP contribution in [0.15, 0.2) is 48.9 Å². The Morgan fingerprint density at radius 3 is 2.56 bits per heavy atom. The molecule has 1 aliphatic rings. The van der Waals surface area contributed by atoms with E-state index in [0.717, 1.165) is 27.8 Å². The lowest BCUT2D eigenvalue weighted by Gasteiger charge is -2.32. The number of fused-ring (bicyclic) bond motifs is 1. The highest BCUT2D eigenvalue weighted by molar-refractivity contribution is 7.16. The van der Waals surface area contributed by atoms with E-state index < -0.39 is 17.4 Å². The van der Waals surface area contributed by atoms with Gasteiger partial charge in [-0.3, -0.25) is 14.5 Å². The molecular formula is C24H22F3N7OS. The number of alkyl halides is 3. The Balaban J connectivity index is 1.35. The lowest BCUT2D eigenvalue weighted by atomic mass is 10.0. The quantitative estimate of drug-likeness (QED) is 0.389. The maximum atomic E-state index is 13.3. The van der Waals surface area contributed by atoms with Gasteiger partial charge in [-0.15, -0.1) is 11.3 Å². The molecule has 0 unspecified atom stereocenters. The summed E-state index contributed by atoms with van der Waals surface area (Å²) in [6.07, 6.45) is 0.247. The molecule has 0 aliphatic carbocycles. The van der Waals surface area contributed by atoms with E-state index in [4.69, 9.17) is 0 Å². The third kappa shape index (κ3) is 4.32. The minimum absolute atomic E-state index is 0.148. The molecule has 1 amide bonds. The molecule has 0 fully saturated rings. The van der Waals surface area contributed by atoms with Crippen molar-refractivity contribution in [1.29, 1.82) is 0 Å². The molecule has 0 spiro atoms. The predicted molar refractivity (Wildman–Crippen MR) is 129 cm³/mol. The molecule has 36 heavy (non-hydrogen) atoms. The number of rotatable bonds is 6. The van der Waals surface area contributed by atoms with Crippen molar-refractivity contribution in [2.75, 3.05) is 11.9 Å². The zero-order valence-electron chi connectivity index (χ0n) is 19.7. The zero-order chi connectivity index (χ0) is 25.7. The summed E-state index contributed by atoms with van der Waals surface area (Å²) in [5.74, 6) is 1.00.